The largest absolute Gasteiger partial charge is 0.320 e. The Kier molecular flexibility index (Phi) is 4.34. The van der Waals surface area contributed by atoms with Crippen molar-refractivity contribution in [1.29, 1.82) is 0 Å². The molecule has 2 heterocycles. The van der Waals surface area contributed by atoms with Crippen LogP contribution in [0.5, 0.6) is 0 Å². The van der Waals surface area contributed by atoms with Gasteiger partial charge in [-0.05, 0) is 43.2 Å². The van der Waals surface area contributed by atoms with Crippen molar-refractivity contribution < 1.29 is 4.79 Å². The van der Waals surface area contributed by atoms with Crippen molar-refractivity contribution in [3.8, 4) is 0 Å². The number of hydrogen-bond donors (Lipinski definition) is 2. The van der Waals surface area contributed by atoms with Crippen LogP contribution in [0.4, 0.5) is 16.6 Å². The lowest BCUT2D eigenvalue weighted by atomic mass is 10.1. The van der Waals surface area contributed by atoms with Crippen LogP contribution < -0.4 is 10.6 Å². The molecule has 3 aromatic rings. The number of aryl methyl sites for hydroxylation is 2. The fourth-order valence-corrected chi connectivity index (χ4v) is 2.74. The predicted molar refractivity (Wildman–Crippen MR) is 93.5 cm³/mol. The highest BCUT2D eigenvalue weighted by molar-refractivity contribution is 7.14. The molecular weight excluding hydrogens is 308 g/mol. The van der Waals surface area contributed by atoms with Crippen LogP contribution in [-0.2, 0) is 0 Å². The normalized spacial score (nSPS) is 10.3. The summed E-state index contributed by atoms with van der Waals surface area (Å²) in [7, 11) is 0. The zero-order valence-corrected chi connectivity index (χ0v) is 13.6. The molecule has 6 heteroatoms. The van der Waals surface area contributed by atoms with Gasteiger partial charge in [0, 0.05) is 17.3 Å². The highest BCUT2D eigenvalue weighted by atomic mass is 32.1. The van der Waals surface area contributed by atoms with Crippen LogP contribution in [0.1, 0.15) is 21.6 Å². The second-order valence-corrected chi connectivity index (χ2v) is 6.01. The average Bonchev–Trinajstić information content (AvgIpc) is 3.00. The maximum Gasteiger partial charge on any atom is 0.275 e. The molecule has 2 aromatic heterocycles. The molecule has 116 valence electrons. The number of pyridine rings is 1. The minimum Gasteiger partial charge on any atom is -0.320 e. The van der Waals surface area contributed by atoms with E-state index in [-0.39, 0.29) is 5.91 Å². The molecule has 0 saturated heterocycles. The smallest absolute Gasteiger partial charge is 0.275 e. The Balaban J connectivity index is 1.72. The molecule has 0 saturated carbocycles. The molecule has 3 rings (SSSR count). The van der Waals surface area contributed by atoms with Crippen molar-refractivity contribution in [2.75, 3.05) is 10.6 Å². The van der Waals surface area contributed by atoms with Crippen molar-refractivity contribution in [1.82, 2.24) is 9.97 Å². The molecule has 23 heavy (non-hydrogen) atoms. The van der Waals surface area contributed by atoms with E-state index in [0.717, 1.165) is 16.8 Å². The van der Waals surface area contributed by atoms with Crippen molar-refractivity contribution in [3.63, 3.8) is 0 Å². The van der Waals surface area contributed by atoms with Gasteiger partial charge >= 0.3 is 0 Å². The Bertz CT molecular complexity index is 830. The van der Waals surface area contributed by atoms with E-state index in [2.05, 4.69) is 20.6 Å². The van der Waals surface area contributed by atoms with Crippen molar-refractivity contribution >= 4 is 33.9 Å². The highest BCUT2D eigenvalue weighted by Gasteiger charge is 2.12. The van der Waals surface area contributed by atoms with Gasteiger partial charge in [-0.3, -0.25) is 4.79 Å². The van der Waals surface area contributed by atoms with Crippen LogP contribution >= 0.6 is 11.3 Å². The number of carbonyl (C=O) groups excluding carboxylic acids is 1. The van der Waals surface area contributed by atoms with Gasteiger partial charge in [0.1, 0.15) is 11.5 Å². The standard InChI is InChI=1S/C17H16N4OS/c1-11-6-7-12(2)13(9-11)19-16(22)14-10-23-17(20-14)21-15-5-3-4-8-18-15/h3-10H,1-2H3,(H,19,22)(H,18,20,21). The average molecular weight is 324 g/mol. The third-order valence-electron chi connectivity index (χ3n) is 3.28. The molecule has 0 bridgehead atoms. The van der Waals surface area contributed by atoms with Gasteiger partial charge in [-0.2, -0.15) is 0 Å². The zero-order chi connectivity index (χ0) is 16.2. The summed E-state index contributed by atoms with van der Waals surface area (Å²) in [6.45, 7) is 3.96. The van der Waals surface area contributed by atoms with Gasteiger partial charge in [0.25, 0.3) is 5.91 Å². The summed E-state index contributed by atoms with van der Waals surface area (Å²) in [6, 6.07) is 11.5. The maximum atomic E-state index is 12.3. The van der Waals surface area contributed by atoms with Crippen LogP contribution in [-0.4, -0.2) is 15.9 Å². The lowest BCUT2D eigenvalue weighted by molar-refractivity contribution is 0.102. The van der Waals surface area contributed by atoms with E-state index < -0.39 is 0 Å². The van der Waals surface area contributed by atoms with Gasteiger partial charge < -0.3 is 10.6 Å². The number of anilines is 3. The molecule has 0 spiro atoms. The van der Waals surface area contributed by atoms with Gasteiger partial charge in [-0.15, -0.1) is 11.3 Å². The quantitative estimate of drug-likeness (QED) is 0.756. The Hall–Kier alpha value is -2.73. The van der Waals surface area contributed by atoms with Gasteiger partial charge in [0.15, 0.2) is 5.13 Å². The molecule has 0 unspecified atom stereocenters. The molecule has 0 aliphatic heterocycles. The molecule has 5 nitrogen and oxygen atoms in total. The highest BCUT2D eigenvalue weighted by Crippen LogP contribution is 2.21. The van der Waals surface area contributed by atoms with E-state index in [9.17, 15) is 4.79 Å². The summed E-state index contributed by atoms with van der Waals surface area (Å²) in [5, 5.41) is 8.35. The lowest BCUT2D eigenvalue weighted by Gasteiger charge is -2.08. The Labute approximate surface area is 138 Å². The summed E-state index contributed by atoms with van der Waals surface area (Å²) in [5.74, 6) is 0.479. The molecule has 1 amide bonds. The molecule has 0 radical (unpaired) electrons. The van der Waals surface area contributed by atoms with E-state index >= 15 is 0 Å². The van der Waals surface area contributed by atoms with E-state index in [1.165, 1.54) is 11.3 Å². The number of carbonyl (C=O) groups is 1. The molecule has 2 N–H and O–H groups in total. The monoisotopic (exact) mass is 324 g/mol. The fraction of sp³-hybridized carbons (Fsp3) is 0.118. The minimum atomic E-state index is -0.218. The van der Waals surface area contributed by atoms with Crippen LogP contribution in [0, 0.1) is 13.8 Å². The Morgan fingerprint density at radius 2 is 2.04 bits per heavy atom. The third kappa shape index (κ3) is 3.73. The van der Waals surface area contributed by atoms with Crippen molar-refractivity contribution in [3.05, 3.63) is 64.8 Å². The predicted octanol–water partition coefficient (Wildman–Crippen LogP) is 4.15. The summed E-state index contributed by atoms with van der Waals surface area (Å²) >= 11 is 1.37. The Morgan fingerprint density at radius 1 is 1.17 bits per heavy atom. The van der Waals surface area contributed by atoms with Crippen molar-refractivity contribution in [2.24, 2.45) is 0 Å². The SMILES string of the molecule is Cc1ccc(C)c(NC(=O)c2csc(Nc3ccccn3)n2)c1. The van der Waals surface area contributed by atoms with Gasteiger partial charge in [0.2, 0.25) is 0 Å². The Morgan fingerprint density at radius 3 is 2.83 bits per heavy atom. The molecule has 1 aromatic carbocycles. The molecule has 0 aliphatic rings. The first-order valence-corrected chi connectivity index (χ1v) is 8.02. The zero-order valence-electron chi connectivity index (χ0n) is 12.8. The number of rotatable bonds is 4. The number of nitrogens with one attached hydrogen (secondary N) is 2. The topological polar surface area (TPSA) is 66.9 Å². The number of aromatic nitrogens is 2. The summed E-state index contributed by atoms with van der Waals surface area (Å²) in [4.78, 5) is 20.8. The first kappa shape index (κ1) is 15.2. The fourth-order valence-electron chi connectivity index (χ4n) is 2.04. The second-order valence-electron chi connectivity index (χ2n) is 5.15. The van der Waals surface area contributed by atoms with Gasteiger partial charge in [0.05, 0.1) is 0 Å². The number of nitrogens with zero attached hydrogens (tertiary/aromatic N) is 2. The molecule has 0 aliphatic carbocycles. The summed E-state index contributed by atoms with van der Waals surface area (Å²) < 4.78 is 0. The van der Waals surface area contributed by atoms with E-state index in [1.807, 2.05) is 50.2 Å². The first-order chi connectivity index (χ1) is 11.1. The summed E-state index contributed by atoms with van der Waals surface area (Å²) in [5.41, 5.74) is 3.31. The van der Waals surface area contributed by atoms with E-state index in [4.69, 9.17) is 0 Å². The lowest BCUT2D eigenvalue weighted by Crippen LogP contribution is -2.13. The number of amides is 1. The van der Waals surface area contributed by atoms with E-state index in [1.54, 1.807) is 11.6 Å². The number of hydrogen-bond acceptors (Lipinski definition) is 5. The second kappa shape index (κ2) is 6.58. The van der Waals surface area contributed by atoms with Crippen LogP contribution in [0.3, 0.4) is 0 Å². The van der Waals surface area contributed by atoms with E-state index in [0.29, 0.717) is 16.6 Å². The van der Waals surface area contributed by atoms with Crippen LogP contribution in [0.2, 0.25) is 0 Å². The maximum absolute atomic E-state index is 12.3. The first-order valence-electron chi connectivity index (χ1n) is 7.14. The molecular formula is C17H16N4OS. The third-order valence-corrected chi connectivity index (χ3v) is 4.04. The van der Waals surface area contributed by atoms with Gasteiger partial charge in [-0.1, -0.05) is 18.2 Å². The molecule has 0 atom stereocenters. The number of thiazole rings is 1. The minimum absolute atomic E-state index is 0.218. The molecule has 0 fully saturated rings. The van der Waals surface area contributed by atoms with Crippen molar-refractivity contribution in [2.45, 2.75) is 13.8 Å². The van der Waals surface area contributed by atoms with Crippen LogP contribution in [0.25, 0.3) is 0 Å². The van der Waals surface area contributed by atoms with Crippen LogP contribution in [0.15, 0.2) is 48.0 Å². The van der Waals surface area contributed by atoms with Gasteiger partial charge in [-0.25, -0.2) is 9.97 Å². The summed E-state index contributed by atoms with van der Waals surface area (Å²) in [6.07, 6.45) is 1.70. The number of benzene rings is 1.